The predicted octanol–water partition coefficient (Wildman–Crippen LogP) is 3.91. The van der Waals surface area contributed by atoms with Gasteiger partial charge in [-0.05, 0) is 41.8 Å². The van der Waals surface area contributed by atoms with E-state index in [4.69, 9.17) is 14.2 Å². The third kappa shape index (κ3) is 4.16. The molecule has 0 N–H and O–H groups in total. The molecule has 124 valence electrons. The highest BCUT2D eigenvalue weighted by Crippen LogP contribution is 2.30. The Morgan fingerprint density at radius 3 is 2.75 bits per heavy atom. The van der Waals surface area contributed by atoms with Gasteiger partial charge in [0, 0.05) is 12.5 Å². The number of carbonyl (C=O) groups is 1. The Hall–Kier alpha value is -2.75. The Labute approximate surface area is 141 Å². The molecule has 1 aliphatic rings. The number of esters is 1. The van der Waals surface area contributed by atoms with Gasteiger partial charge in [0.25, 0.3) is 0 Å². The predicted molar refractivity (Wildman–Crippen MR) is 92.1 cm³/mol. The molecule has 0 saturated carbocycles. The molecule has 0 radical (unpaired) electrons. The third-order valence-electron chi connectivity index (χ3n) is 3.81. The van der Waals surface area contributed by atoms with Crippen LogP contribution in [-0.2, 0) is 16.1 Å². The molecule has 0 aromatic heterocycles. The van der Waals surface area contributed by atoms with Crippen LogP contribution in [0, 0.1) is 6.92 Å². The van der Waals surface area contributed by atoms with E-state index in [0.717, 1.165) is 28.9 Å². The van der Waals surface area contributed by atoms with E-state index < -0.39 is 0 Å². The summed E-state index contributed by atoms with van der Waals surface area (Å²) < 4.78 is 16.5. The van der Waals surface area contributed by atoms with Crippen LogP contribution in [0.4, 0.5) is 0 Å². The largest absolute Gasteiger partial charge is 0.490 e. The van der Waals surface area contributed by atoms with Gasteiger partial charge in [0.1, 0.15) is 6.61 Å². The highest BCUT2D eigenvalue weighted by molar-refractivity contribution is 5.87. The van der Waals surface area contributed by atoms with E-state index in [1.807, 2.05) is 49.4 Å². The molecule has 0 spiro atoms. The zero-order chi connectivity index (χ0) is 16.8. The van der Waals surface area contributed by atoms with Crippen molar-refractivity contribution in [1.29, 1.82) is 0 Å². The van der Waals surface area contributed by atoms with Gasteiger partial charge in [0.15, 0.2) is 11.5 Å². The maximum atomic E-state index is 11.9. The topological polar surface area (TPSA) is 44.8 Å². The quantitative estimate of drug-likeness (QED) is 0.632. The number of hydrogen-bond acceptors (Lipinski definition) is 4. The van der Waals surface area contributed by atoms with Crippen LogP contribution in [0.2, 0.25) is 0 Å². The fraction of sp³-hybridized carbons (Fsp3) is 0.250. The van der Waals surface area contributed by atoms with Crippen molar-refractivity contribution in [3.8, 4) is 11.5 Å². The summed E-state index contributed by atoms with van der Waals surface area (Å²) >= 11 is 0. The Kier molecular flexibility index (Phi) is 5.16. The Morgan fingerprint density at radius 1 is 1.12 bits per heavy atom. The van der Waals surface area contributed by atoms with E-state index in [2.05, 4.69) is 0 Å². The average Bonchev–Trinajstić information content (AvgIpc) is 2.84. The summed E-state index contributed by atoms with van der Waals surface area (Å²) in [4.78, 5) is 11.9. The van der Waals surface area contributed by atoms with Gasteiger partial charge in [0.2, 0.25) is 0 Å². The summed E-state index contributed by atoms with van der Waals surface area (Å²) in [5.41, 5.74) is 2.99. The summed E-state index contributed by atoms with van der Waals surface area (Å²) in [5.74, 6) is 1.08. The van der Waals surface area contributed by atoms with Crippen LogP contribution >= 0.6 is 0 Å². The van der Waals surface area contributed by atoms with Crippen LogP contribution in [0.1, 0.15) is 23.1 Å². The lowest BCUT2D eigenvalue weighted by molar-refractivity contribution is -0.138. The van der Waals surface area contributed by atoms with E-state index in [1.165, 1.54) is 6.08 Å². The van der Waals surface area contributed by atoms with E-state index in [-0.39, 0.29) is 12.6 Å². The van der Waals surface area contributed by atoms with E-state index in [9.17, 15) is 4.79 Å². The molecular weight excluding hydrogens is 304 g/mol. The van der Waals surface area contributed by atoms with Gasteiger partial charge in [-0.2, -0.15) is 0 Å². The SMILES string of the molecule is Cc1ccccc1COC(=O)/C=C/c1ccc2c(c1)OCCCO2. The van der Waals surface area contributed by atoms with Crippen LogP contribution in [0.3, 0.4) is 0 Å². The number of fused-ring (bicyclic) bond motifs is 1. The number of benzene rings is 2. The summed E-state index contributed by atoms with van der Waals surface area (Å²) in [6.45, 7) is 3.57. The second-order valence-corrected chi connectivity index (χ2v) is 5.62. The molecule has 0 aliphatic carbocycles. The van der Waals surface area contributed by atoms with Crippen molar-refractivity contribution in [2.75, 3.05) is 13.2 Å². The smallest absolute Gasteiger partial charge is 0.331 e. The molecule has 24 heavy (non-hydrogen) atoms. The highest BCUT2D eigenvalue weighted by Gasteiger charge is 2.10. The molecule has 0 amide bonds. The normalized spacial score (nSPS) is 13.5. The zero-order valence-electron chi connectivity index (χ0n) is 13.7. The Bertz CT molecular complexity index is 749. The number of aryl methyl sites for hydroxylation is 1. The van der Waals surface area contributed by atoms with Gasteiger partial charge in [-0.15, -0.1) is 0 Å². The maximum Gasteiger partial charge on any atom is 0.331 e. The van der Waals surface area contributed by atoms with Crippen molar-refractivity contribution in [3.63, 3.8) is 0 Å². The lowest BCUT2D eigenvalue weighted by Gasteiger charge is -2.07. The van der Waals surface area contributed by atoms with Crippen LogP contribution in [-0.4, -0.2) is 19.2 Å². The molecular formula is C20H20O4. The fourth-order valence-electron chi connectivity index (χ4n) is 2.42. The fourth-order valence-corrected chi connectivity index (χ4v) is 2.42. The lowest BCUT2D eigenvalue weighted by Crippen LogP contribution is -2.01. The first-order chi connectivity index (χ1) is 11.7. The highest BCUT2D eigenvalue weighted by atomic mass is 16.5. The van der Waals surface area contributed by atoms with Crippen molar-refractivity contribution in [1.82, 2.24) is 0 Å². The molecule has 0 unspecified atom stereocenters. The summed E-state index contributed by atoms with van der Waals surface area (Å²) in [6.07, 6.45) is 4.01. The summed E-state index contributed by atoms with van der Waals surface area (Å²) in [6, 6.07) is 13.5. The minimum atomic E-state index is -0.370. The monoisotopic (exact) mass is 324 g/mol. The van der Waals surface area contributed by atoms with E-state index in [1.54, 1.807) is 6.08 Å². The third-order valence-corrected chi connectivity index (χ3v) is 3.81. The maximum absolute atomic E-state index is 11.9. The lowest BCUT2D eigenvalue weighted by atomic mass is 10.1. The van der Waals surface area contributed by atoms with Crippen LogP contribution in [0.5, 0.6) is 11.5 Å². The van der Waals surface area contributed by atoms with Crippen molar-refractivity contribution in [2.45, 2.75) is 20.0 Å². The van der Waals surface area contributed by atoms with E-state index >= 15 is 0 Å². The first-order valence-electron chi connectivity index (χ1n) is 8.01. The first kappa shape index (κ1) is 16.1. The zero-order valence-corrected chi connectivity index (χ0v) is 13.7. The Balaban J connectivity index is 1.60. The summed E-state index contributed by atoms with van der Waals surface area (Å²) in [5, 5.41) is 0. The molecule has 1 heterocycles. The number of ether oxygens (including phenoxy) is 3. The molecule has 4 heteroatoms. The molecule has 3 rings (SSSR count). The van der Waals surface area contributed by atoms with Crippen LogP contribution in [0.25, 0.3) is 6.08 Å². The van der Waals surface area contributed by atoms with Gasteiger partial charge in [0.05, 0.1) is 13.2 Å². The van der Waals surface area contributed by atoms with Crippen LogP contribution < -0.4 is 9.47 Å². The number of carbonyl (C=O) groups excluding carboxylic acids is 1. The van der Waals surface area contributed by atoms with Crippen LogP contribution in [0.15, 0.2) is 48.5 Å². The van der Waals surface area contributed by atoms with Gasteiger partial charge >= 0.3 is 5.97 Å². The van der Waals surface area contributed by atoms with E-state index in [0.29, 0.717) is 19.0 Å². The molecule has 0 fully saturated rings. The minimum Gasteiger partial charge on any atom is -0.490 e. The summed E-state index contributed by atoms with van der Waals surface area (Å²) in [7, 11) is 0. The first-order valence-corrected chi connectivity index (χ1v) is 8.01. The van der Waals surface area contributed by atoms with Gasteiger partial charge in [-0.25, -0.2) is 4.79 Å². The molecule has 0 bridgehead atoms. The second kappa shape index (κ2) is 7.68. The number of hydrogen-bond donors (Lipinski definition) is 0. The van der Waals surface area contributed by atoms with Crippen molar-refractivity contribution in [3.05, 3.63) is 65.2 Å². The molecule has 2 aromatic rings. The van der Waals surface area contributed by atoms with Gasteiger partial charge < -0.3 is 14.2 Å². The molecule has 2 aromatic carbocycles. The van der Waals surface area contributed by atoms with Gasteiger partial charge in [-0.3, -0.25) is 0 Å². The van der Waals surface area contributed by atoms with Crippen molar-refractivity contribution in [2.24, 2.45) is 0 Å². The molecule has 0 saturated heterocycles. The average molecular weight is 324 g/mol. The minimum absolute atomic E-state index is 0.275. The molecule has 0 atom stereocenters. The second-order valence-electron chi connectivity index (χ2n) is 5.62. The standard InChI is InChI=1S/C20H20O4/c1-15-5-2-3-6-17(15)14-24-20(21)10-8-16-7-9-18-19(13-16)23-12-4-11-22-18/h2-3,5-10,13H,4,11-12,14H2,1H3/b10-8+. The Morgan fingerprint density at radius 2 is 1.92 bits per heavy atom. The number of rotatable bonds is 4. The van der Waals surface area contributed by atoms with Crippen molar-refractivity contribution < 1.29 is 19.0 Å². The van der Waals surface area contributed by atoms with Crippen molar-refractivity contribution >= 4 is 12.0 Å². The van der Waals surface area contributed by atoms with Gasteiger partial charge in [-0.1, -0.05) is 30.3 Å². The molecule has 1 aliphatic heterocycles. The molecule has 4 nitrogen and oxygen atoms in total.